The minimum absolute atomic E-state index is 0.814. The Kier molecular flexibility index (Phi) is 2.52. The van der Waals surface area contributed by atoms with Crippen LogP contribution in [0.3, 0.4) is 0 Å². The molecule has 0 saturated carbocycles. The van der Waals surface area contributed by atoms with Gasteiger partial charge in [-0.15, -0.1) is 6.58 Å². The van der Waals surface area contributed by atoms with Crippen LogP contribution < -0.4 is 5.73 Å². The molecule has 3 aromatic carbocycles. The molecular formula is C17H15N. The number of rotatable bonds is 2. The smallest absolute Gasteiger partial charge is 0.0429 e. The molecule has 0 radical (unpaired) electrons. The Bertz CT molecular complexity index is 741. The predicted octanol–water partition coefficient (Wildman–Crippen LogP) is 4.30. The highest BCUT2D eigenvalue weighted by Gasteiger charge is 2.04. The van der Waals surface area contributed by atoms with Crippen LogP contribution in [0.2, 0.25) is 0 Å². The Hall–Kier alpha value is -2.28. The lowest BCUT2D eigenvalue weighted by Crippen LogP contribution is -1.94. The second-order valence-corrected chi connectivity index (χ2v) is 4.55. The summed E-state index contributed by atoms with van der Waals surface area (Å²) >= 11 is 0. The molecule has 0 heterocycles. The Morgan fingerprint density at radius 3 is 2.39 bits per heavy atom. The largest absolute Gasteiger partial charge is 0.398 e. The molecule has 3 aromatic rings. The van der Waals surface area contributed by atoms with E-state index in [-0.39, 0.29) is 0 Å². The maximum atomic E-state index is 6.25. The van der Waals surface area contributed by atoms with E-state index in [1.165, 1.54) is 16.2 Å². The number of hydrogen-bond donors (Lipinski definition) is 1. The summed E-state index contributed by atoms with van der Waals surface area (Å²) < 4.78 is 0. The molecule has 88 valence electrons. The Labute approximate surface area is 107 Å². The Balaban J connectivity index is 2.36. The predicted molar refractivity (Wildman–Crippen MR) is 79.8 cm³/mol. The number of anilines is 1. The molecule has 0 unspecified atom stereocenters. The summed E-state index contributed by atoms with van der Waals surface area (Å²) in [6.45, 7) is 3.77. The van der Waals surface area contributed by atoms with Crippen LogP contribution in [-0.4, -0.2) is 0 Å². The van der Waals surface area contributed by atoms with E-state index in [2.05, 4.69) is 55.1 Å². The van der Waals surface area contributed by atoms with Gasteiger partial charge in [0.2, 0.25) is 0 Å². The van der Waals surface area contributed by atoms with Gasteiger partial charge in [0.15, 0.2) is 0 Å². The van der Waals surface area contributed by atoms with Gasteiger partial charge in [-0.3, -0.25) is 0 Å². The molecule has 18 heavy (non-hydrogen) atoms. The summed E-state index contributed by atoms with van der Waals surface area (Å²) in [4.78, 5) is 0. The van der Waals surface area contributed by atoms with Crippen molar-refractivity contribution in [1.82, 2.24) is 0 Å². The van der Waals surface area contributed by atoms with Gasteiger partial charge in [-0.1, -0.05) is 42.5 Å². The van der Waals surface area contributed by atoms with Gasteiger partial charge < -0.3 is 5.73 Å². The van der Waals surface area contributed by atoms with Gasteiger partial charge in [-0.05, 0) is 40.3 Å². The maximum absolute atomic E-state index is 6.25. The molecule has 3 rings (SSSR count). The number of hydrogen-bond acceptors (Lipinski definition) is 1. The number of nitrogen functional groups attached to an aromatic ring is 1. The number of fused-ring (bicyclic) bond motifs is 2. The van der Waals surface area contributed by atoms with Crippen LogP contribution >= 0.6 is 0 Å². The molecule has 0 amide bonds. The lowest BCUT2D eigenvalue weighted by Gasteiger charge is -2.09. The quantitative estimate of drug-likeness (QED) is 0.398. The van der Waals surface area contributed by atoms with Crippen molar-refractivity contribution in [3.8, 4) is 0 Å². The molecule has 0 saturated heterocycles. The summed E-state index contributed by atoms with van der Waals surface area (Å²) in [5.41, 5.74) is 8.27. The molecule has 0 aromatic heterocycles. The summed E-state index contributed by atoms with van der Waals surface area (Å²) in [5.74, 6) is 0. The van der Waals surface area contributed by atoms with E-state index in [4.69, 9.17) is 5.73 Å². The van der Waals surface area contributed by atoms with Gasteiger partial charge >= 0.3 is 0 Å². The maximum Gasteiger partial charge on any atom is 0.0429 e. The minimum atomic E-state index is 0.814. The van der Waals surface area contributed by atoms with Gasteiger partial charge in [0.1, 0.15) is 0 Å². The molecule has 0 aliphatic heterocycles. The summed E-state index contributed by atoms with van der Waals surface area (Å²) in [5, 5.41) is 4.81. The second kappa shape index (κ2) is 4.19. The molecule has 2 N–H and O–H groups in total. The van der Waals surface area contributed by atoms with Crippen LogP contribution in [0.15, 0.2) is 61.2 Å². The highest BCUT2D eigenvalue weighted by molar-refractivity contribution is 6.03. The van der Waals surface area contributed by atoms with Crippen molar-refractivity contribution < 1.29 is 0 Å². The van der Waals surface area contributed by atoms with E-state index in [0.29, 0.717) is 0 Å². The van der Waals surface area contributed by atoms with Crippen molar-refractivity contribution in [2.75, 3.05) is 5.73 Å². The van der Waals surface area contributed by atoms with Crippen molar-refractivity contribution >= 4 is 27.2 Å². The normalized spacial score (nSPS) is 10.9. The highest BCUT2D eigenvalue weighted by Crippen LogP contribution is 2.29. The number of benzene rings is 3. The summed E-state index contributed by atoms with van der Waals surface area (Å²) in [6, 6.07) is 17.0. The van der Waals surface area contributed by atoms with Gasteiger partial charge in [0, 0.05) is 11.1 Å². The van der Waals surface area contributed by atoms with Gasteiger partial charge in [-0.2, -0.15) is 0 Å². The third kappa shape index (κ3) is 1.65. The fourth-order valence-corrected chi connectivity index (χ4v) is 2.42. The molecule has 0 aliphatic carbocycles. The van der Waals surface area contributed by atoms with Crippen LogP contribution in [-0.2, 0) is 6.42 Å². The Morgan fingerprint density at radius 1 is 0.944 bits per heavy atom. The first-order valence-corrected chi connectivity index (χ1v) is 6.10. The summed E-state index contributed by atoms with van der Waals surface area (Å²) in [6.07, 6.45) is 2.70. The van der Waals surface area contributed by atoms with E-state index in [0.717, 1.165) is 23.1 Å². The molecule has 1 heteroatoms. The van der Waals surface area contributed by atoms with E-state index in [1.807, 2.05) is 6.08 Å². The molecule has 0 atom stereocenters. The van der Waals surface area contributed by atoms with Crippen molar-refractivity contribution in [2.45, 2.75) is 6.42 Å². The first kappa shape index (κ1) is 10.8. The fraction of sp³-hybridized carbons (Fsp3) is 0.0588. The van der Waals surface area contributed by atoms with Crippen LogP contribution in [0.4, 0.5) is 5.69 Å². The monoisotopic (exact) mass is 233 g/mol. The van der Waals surface area contributed by atoms with E-state index < -0.39 is 0 Å². The lowest BCUT2D eigenvalue weighted by atomic mass is 9.98. The van der Waals surface area contributed by atoms with Crippen LogP contribution in [0.5, 0.6) is 0 Å². The number of nitrogens with two attached hydrogens (primary N) is 1. The minimum Gasteiger partial charge on any atom is -0.398 e. The van der Waals surface area contributed by atoms with Crippen molar-refractivity contribution in [2.24, 2.45) is 0 Å². The van der Waals surface area contributed by atoms with E-state index >= 15 is 0 Å². The van der Waals surface area contributed by atoms with E-state index in [1.54, 1.807) is 0 Å². The average Bonchev–Trinajstić information content (AvgIpc) is 2.41. The third-order valence-corrected chi connectivity index (χ3v) is 3.38. The second-order valence-electron chi connectivity index (χ2n) is 4.55. The lowest BCUT2D eigenvalue weighted by molar-refractivity contribution is 1.29. The van der Waals surface area contributed by atoms with Crippen LogP contribution in [0, 0.1) is 0 Å². The zero-order chi connectivity index (χ0) is 12.5. The fourth-order valence-electron chi connectivity index (χ4n) is 2.42. The first-order chi connectivity index (χ1) is 8.79. The van der Waals surface area contributed by atoms with Crippen LogP contribution in [0.25, 0.3) is 21.5 Å². The van der Waals surface area contributed by atoms with Gasteiger partial charge in [0.25, 0.3) is 0 Å². The molecule has 0 bridgehead atoms. The third-order valence-electron chi connectivity index (χ3n) is 3.38. The summed E-state index contributed by atoms with van der Waals surface area (Å²) in [7, 11) is 0. The number of allylic oxidation sites excluding steroid dienone is 1. The zero-order valence-corrected chi connectivity index (χ0v) is 10.2. The van der Waals surface area contributed by atoms with Gasteiger partial charge in [-0.25, -0.2) is 0 Å². The van der Waals surface area contributed by atoms with Gasteiger partial charge in [0.05, 0.1) is 0 Å². The van der Waals surface area contributed by atoms with Crippen molar-refractivity contribution in [3.63, 3.8) is 0 Å². The zero-order valence-electron chi connectivity index (χ0n) is 10.2. The topological polar surface area (TPSA) is 26.0 Å². The molecule has 0 spiro atoms. The van der Waals surface area contributed by atoms with Crippen LogP contribution in [0.1, 0.15) is 5.56 Å². The highest BCUT2D eigenvalue weighted by atomic mass is 14.6. The van der Waals surface area contributed by atoms with Crippen molar-refractivity contribution in [1.29, 1.82) is 0 Å². The molecule has 0 fully saturated rings. The standard InChI is InChI=1S/C17H15N/c1-2-5-12-8-9-15-10-13-6-3-4-7-14(13)11-16(15)17(12)18/h2-4,6-11H,1,5,18H2. The Morgan fingerprint density at radius 2 is 1.67 bits per heavy atom. The first-order valence-electron chi connectivity index (χ1n) is 6.10. The molecule has 1 nitrogen and oxygen atoms in total. The van der Waals surface area contributed by atoms with Crippen molar-refractivity contribution in [3.05, 3.63) is 66.7 Å². The SMILES string of the molecule is C=CCc1ccc2cc3ccccc3cc2c1N. The average molecular weight is 233 g/mol. The molecular weight excluding hydrogens is 218 g/mol. The van der Waals surface area contributed by atoms with E-state index in [9.17, 15) is 0 Å². The molecule has 0 aliphatic rings.